The molecular weight excluding hydrogens is 360 g/mol. The number of hydrogen-bond donors (Lipinski definition) is 0. The first kappa shape index (κ1) is 15.8. The van der Waals surface area contributed by atoms with E-state index in [9.17, 15) is 0 Å². The van der Waals surface area contributed by atoms with E-state index >= 15 is 0 Å². The van der Waals surface area contributed by atoms with Crippen molar-refractivity contribution in [1.29, 1.82) is 0 Å². The molecule has 102 valence electrons. The molecule has 0 unspecified atom stereocenters. The molecule has 0 spiro atoms. The van der Waals surface area contributed by atoms with Gasteiger partial charge in [0.1, 0.15) is 11.5 Å². The van der Waals surface area contributed by atoms with Crippen LogP contribution in [0.5, 0.6) is 11.5 Å². The van der Waals surface area contributed by atoms with Crippen molar-refractivity contribution in [3.63, 3.8) is 0 Å². The second-order valence-electron chi connectivity index (χ2n) is 3.96. The van der Waals surface area contributed by atoms with E-state index in [0.29, 0.717) is 0 Å². The Bertz CT molecular complexity index is 270. The summed E-state index contributed by atoms with van der Waals surface area (Å²) in [5.74, 6) is 1.83. The van der Waals surface area contributed by atoms with Crippen molar-refractivity contribution in [3.8, 4) is 11.5 Å². The Labute approximate surface area is 126 Å². The average Bonchev–Trinajstić information content (AvgIpc) is 2.41. The topological polar surface area (TPSA) is 18.5 Å². The zero-order valence-electron chi connectivity index (χ0n) is 10.5. The van der Waals surface area contributed by atoms with E-state index in [0.717, 1.165) is 61.1 Å². The molecule has 0 aliphatic rings. The zero-order valence-corrected chi connectivity index (χ0v) is 13.7. The fraction of sp³-hybridized carbons (Fsp3) is 0.571. The Morgan fingerprint density at radius 3 is 1.39 bits per heavy atom. The molecule has 1 rings (SSSR count). The fourth-order valence-corrected chi connectivity index (χ4v) is 2.20. The van der Waals surface area contributed by atoms with Gasteiger partial charge in [-0.3, -0.25) is 0 Å². The maximum atomic E-state index is 5.62. The molecule has 0 saturated carbocycles. The van der Waals surface area contributed by atoms with Gasteiger partial charge in [0.2, 0.25) is 0 Å². The number of halogens is 2. The molecule has 0 aliphatic heterocycles. The molecule has 0 aliphatic carbocycles. The lowest BCUT2D eigenvalue weighted by Crippen LogP contribution is -1.99. The van der Waals surface area contributed by atoms with Crippen LogP contribution in [0.15, 0.2) is 24.3 Å². The number of hydrogen-bond acceptors (Lipinski definition) is 2. The van der Waals surface area contributed by atoms with Gasteiger partial charge in [-0.1, -0.05) is 31.9 Å². The number of ether oxygens (including phenoxy) is 2. The van der Waals surface area contributed by atoms with E-state index in [-0.39, 0.29) is 0 Å². The Kier molecular flexibility index (Phi) is 9.40. The van der Waals surface area contributed by atoms with Gasteiger partial charge in [-0.25, -0.2) is 0 Å². The zero-order chi connectivity index (χ0) is 13.1. The standard InChI is InChI=1S/C14H20Br2O2/c15-9-1-3-11-17-13-5-7-14(8-6-13)18-12-4-2-10-16/h5-8H,1-4,9-12H2. The fourth-order valence-electron chi connectivity index (χ4n) is 1.41. The molecule has 1 aromatic rings. The average molecular weight is 380 g/mol. The predicted molar refractivity (Wildman–Crippen MR) is 83.5 cm³/mol. The number of unbranched alkanes of at least 4 members (excludes halogenated alkanes) is 2. The van der Waals surface area contributed by atoms with Gasteiger partial charge >= 0.3 is 0 Å². The lowest BCUT2D eigenvalue weighted by Gasteiger charge is -2.08. The third kappa shape index (κ3) is 7.27. The highest BCUT2D eigenvalue weighted by Gasteiger charge is 1.96. The van der Waals surface area contributed by atoms with Crippen molar-refractivity contribution in [2.45, 2.75) is 25.7 Å². The van der Waals surface area contributed by atoms with Crippen LogP contribution in [-0.2, 0) is 0 Å². The summed E-state index contributed by atoms with van der Waals surface area (Å²) >= 11 is 6.81. The van der Waals surface area contributed by atoms with Crippen LogP contribution in [0.25, 0.3) is 0 Å². The predicted octanol–water partition coefficient (Wildman–Crippen LogP) is 4.79. The highest BCUT2D eigenvalue weighted by atomic mass is 79.9. The van der Waals surface area contributed by atoms with E-state index in [1.54, 1.807) is 0 Å². The Hall–Kier alpha value is -0.220. The van der Waals surface area contributed by atoms with Crippen LogP contribution >= 0.6 is 31.9 Å². The van der Waals surface area contributed by atoms with Gasteiger partial charge in [0.25, 0.3) is 0 Å². The Balaban J connectivity index is 2.20. The molecule has 0 aromatic heterocycles. The second kappa shape index (κ2) is 10.7. The minimum atomic E-state index is 0.775. The first-order chi connectivity index (χ1) is 8.86. The third-order valence-corrected chi connectivity index (χ3v) is 3.54. The first-order valence-electron chi connectivity index (χ1n) is 6.34. The molecule has 1 aromatic carbocycles. The van der Waals surface area contributed by atoms with Crippen LogP contribution in [0.2, 0.25) is 0 Å². The van der Waals surface area contributed by atoms with Gasteiger partial charge in [-0.15, -0.1) is 0 Å². The van der Waals surface area contributed by atoms with Crippen LogP contribution < -0.4 is 9.47 Å². The minimum absolute atomic E-state index is 0.775. The minimum Gasteiger partial charge on any atom is -0.494 e. The molecule has 0 amide bonds. The quantitative estimate of drug-likeness (QED) is 0.429. The van der Waals surface area contributed by atoms with Crippen LogP contribution in [0.4, 0.5) is 0 Å². The summed E-state index contributed by atoms with van der Waals surface area (Å²) in [7, 11) is 0. The van der Waals surface area contributed by atoms with Crippen LogP contribution in [0.3, 0.4) is 0 Å². The number of rotatable bonds is 10. The van der Waals surface area contributed by atoms with Crippen molar-refractivity contribution in [3.05, 3.63) is 24.3 Å². The van der Waals surface area contributed by atoms with Crippen molar-refractivity contribution in [1.82, 2.24) is 0 Å². The summed E-state index contributed by atoms with van der Waals surface area (Å²) in [6.07, 6.45) is 4.45. The largest absolute Gasteiger partial charge is 0.494 e. The van der Waals surface area contributed by atoms with Crippen molar-refractivity contribution in [2.24, 2.45) is 0 Å². The molecule has 0 radical (unpaired) electrons. The molecular formula is C14H20Br2O2. The summed E-state index contributed by atoms with van der Waals surface area (Å²) in [5.41, 5.74) is 0. The molecule has 18 heavy (non-hydrogen) atoms. The molecule has 0 bridgehead atoms. The summed E-state index contributed by atoms with van der Waals surface area (Å²) < 4.78 is 11.2. The van der Waals surface area contributed by atoms with E-state index in [4.69, 9.17) is 9.47 Å². The third-order valence-electron chi connectivity index (χ3n) is 2.42. The monoisotopic (exact) mass is 378 g/mol. The van der Waals surface area contributed by atoms with Gasteiger partial charge in [-0.05, 0) is 49.9 Å². The molecule has 0 N–H and O–H groups in total. The van der Waals surface area contributed by atoms with Gasteiger partial charge in [0, 0.05) is 10.7 Å². The first-order valence-corrected chi connectivity index (χ1v) is 8.58. The molecule has 0 saturated heterocycles. The highest BCUT2D eigenvalue weighted by Crippen LogP contribution is 2.18. The Morgan fingerprint density at radius 2 is 1.06 bits per heavy atom. The van der Waals surface area contributed by atoms with Gasteiger partial charge in [0.05, 0.1) is 13.2 Å². The van der Waals surface area contributed by atoms with Crippen molar-refractivity contribution < 1.29 is 9.47 Å². The summed E-state index contributed by atoms with van der Waals surface area (Å²) in [6.45, 7) is 1.55. The highest BCUT2D eigenvalue weighted by molar-refractivity contribution is 9.09. The van der Waals surface area contributed by atoms with E-state index in [2.05, 4.69) is 31.9 Å². The molecule has 0 heterocycles. The van der Waals surface area contributed by atoms with Crippen LogP contribution in [0, 0.1) is 0 Å². The lowest BCUT2D eigenvalue weighted by molar-refractivity contribution is 0.301. The van der Waals surface area contributed by atoms with Gasteiger partial charge in [-0.2, -0.15) is 0 Å². The van der Waals surface area contributed by atoms with Gasteiger partial charge in [0.15, 0.2) is 0 Å². The Morgan fingerprint density at radius 1 is 0.667 bits per heavy atom. The SMILES string of the molecule is BrCCCCOc1ccc(OCCCCBr)cc1. The summed E-state index contributed by atoms with van der Waals surface area (Å²) in [5, 5.41) is 2.08. The smallest absolute Gasteiger partial charge is 0.119 e. The maximum Gasteiger partial charge on any atom is 0.119 e. The number of benzene rings is 1. The maximum absolute atomic E-state index is 5.62. The summed E-state index contributed by atoms with van der Waals surface area (Å²) in [4.78, 5) is 0. The van der Waals surface area contributed by atoms with E-state index < -0.39 is 0 Å². The number of alkyl halides is 2. The van der Waals surface area contributed by atoms with Crippen molar-refractivity contribution in [2.75, 3.05) is 23.9 Å². The second-order valence-corrected chi connectivity index (χ2v) is 5.55. The molecule has 2 nitrogen and oxygen atoms in total. The lowest BCUT2D eigenvalue weighted by atomic mass is 10.3. The summed E-state index contributed by atoms with van der Waals surface area (Å²) in [6, 6.07) is 7.86. The van der Waals surface area contributed by atoms with Crippen LogP contribution in [0.1, 0.15) is 25.7 Å². The normalized spacial score (nSPS) is 10.3. The van der Waals surface area contributed by atoms with E-state index in [1.807, 2.05) is 24.3 Å². The molecule has 4 heteroatoms. The molecule has 0 fully saturated rings. The van der Waals surface area contributed by atoms with E-state index in [1.165, 1.54) is 0 Å². The molecule has 0 atom stereocenters. The van der Waals surface area contributed by atoms with Crippen molar-refractivity contribution >= 4 is 31.9 Å². The van der Waals surface area contributed by atoms with Gasteiger partial charge < -0.3 is 9.47 Å². The van der Waals surface area contributed by atoms with Crippen LogP contribution in [-0.4, -0.2) is 23.9 Å².